The van der Waals surface area contributed by atoms with Crippen molar-refractivity contribution in [2.45, 2.75) is 6.92 Å². The van der Waals surface area contributed by atoms with Gasteiger partial charge in [0.25, 0.3) is 0 Å². The van der Waals surface area contributed by atoms with Gasteiger partial charge in [0.1, 0.15) is 11.5 Å². The van der Waals surface area contributed by atoms with Crippen molar-refractivity contribution >= 4 is 23.3 Å². The topological polar surface area (TPSA) is 130 Å². The molecule has 2 aromatic rings. The maximum absolute atomic E-state index is 11.6. The van der Waals surface area contributed by atoms with Crippen LogP contribution >= 0.6 is 0 Å². The van der Waals surface area contributed by atoms with E-state index in [1.54, 1.807) is 25.1 Å². The van der Waals surface area contributed by atoms with Gasteiger partial charge >= 0.3 is 11.7 Å². The molecular weight excluding hydrogens is 330 g/mol. The average Bonchev–Trinajstić information content (AvgIpc) is 2.54. The van der Waals surface area contributed by atoms with Gasteiger partial charge in [0.2, 0.25) is 0 Å². The van der Waals surface area contributed by atoms with Crippen LogP contribution in [0.5, 0.6) is 17.2 Å². The highest BCUT2D eigenvalue weighted by molar-refractivity contribution is 6.21. The molecule has 8 heteroatoms. The van der Waals surface area contributed by atoms with Gasteiger partial charge in [-0.3, -0.25) is 10.1 Å². The minimum atomic E-state index is -1.27. The van der Waals surface area contributed by atoms with Gasteiger partial charge in [-0.1, -0.05) is 6.07 Å². The van der Waals surface area contributed by atoms with Crippen molar-refractivity contribution in [2.75, 3.05) is 7.11 Å². The average molecular weight is 345 g/mol. The number of phenols is 2. The van der Waals surface area contributed by atoms with Crippen LogP contribution in [0.1, 0.15) is 16.7 Å². The smallest absolute Gasteiger partial charge is 0.336 e. The summed E-state index contributed by atoms with van der Waals surface area (Å²) < 4.78 is 5.07. The minimum Gasteiger partial charge on any atom is -0.507 e. The predicted molar refractivity (Wildman–Crippen MR) is 89.7 cm³/mol. The zero-order chi connectivity index (χ0) is 18.7. The van der Waals surface area contributed by atoms with Gasteiger partial charge in [-0.2, -0.15) is 0 Å². The fraction of sp³-hybridized carbons (Fsp3) is 0.118. The number of ether oxygens (including phenoxy) is 1. The van der Waals surface area contributed by atoms with E-state index in [4.69, 9.17) is 4.74 Å². The van der Waals surface area contributed by atoms with Crippen LogP contribution in [0.4, 0.5) is 5.69 Å². The summed E-state index contributed by atoms with van der Waals surface area (Å²) >= 11 is 0. The summed E-state index contributed by atoms with van der Waals surface area (Å²) in [6.45, 7) is 1.69. The van der Waals surface area contributed by atoms with E-state index in [9.17, 15) is 30.2 Å². The van der Waals surface area contributed by atoms with Crippen LogP contribution in [-0.2, 0) is 4.79 Å². The number of nitro benzene ring substituents is 1. The molecule has 0 saturated carbocycles. The molecule has 25 heavy (non-hydrogen) atoms. The summed E-state index contributed by atoms with van der Waals surface area (Å²) in [6, 6.07) is 6.47. The molecule has 0 aliphatic heterocycles. The Morgan fingerprint density at radius 2 is 1.88 bits per heavy atom. The molecule has 0 aromatic heterocycles. The Morgan fingerprint density at radius 3 is 2.40 bits per heavy atom. The van der Waals surface area contributed by atoms with Crippen molar-refractivity contribution in [1.29, 1.82) is 0 Å². The quantitative estimate of drug-likeness (QED) is 0.329. The third-order valence-corrected chi connectivity index (χ3v) is 3.57. The third-order valence-electron chi connectivity index (χ3n) is 3.57. The number of hydrogen-bond acceptors (Lipinski definition) is 6. The second kappa shape index (κ2) is 6.91. The van der Waals surface area contributed by atoms with Crippen molar-refractivity contribution in [1.82, 2.24) is 0 Å². The number of nitrogens with zero attached hydrogens (tertiary/aromatic N) is 1. The van der Waals surface area contributed by atoms with Crippen LogP contribution in [0, 0.1) is 17.0 Å². The van der Waals surface area contributed by atoms with Crippen LogP contribution in [0.25, 0.3) is 11.6 Å². The molecule has 0 fully saturated rings. The molecule has 0 atom stereocenters. The van der Waals surface area contributed by atoms with E-state index in [2.05, 4.69) is 0 Å². The van der Waals surface area contributed by atoms with Crippen LogP contribution in [0.3, 0.4) is 0 Å². The van der Waals surface area contributed by atoms with E-state index in [0.717, 1.165) is 18.2 Å². The van der Waals surface area contributed by atoms with Crippen molar-refractivity contribution in [3.63, 3.8) is 0 Å². The molecule has 0 bridgehead atoms. The number of hydrogen-bond donors (Lipinski definition) is 3. The Kier molecular flexibility index (Phi) is 4.92. The van der Waals surface area contributed by atoms with Crippen LogP contribution in [-0.4, -0.2) is 33.3 Å². The highest BCUT2D eigenvalue weighted by Crippen LogP contribution is 2.35. The zero-order valence-corrected chi connectivity index (χ0v) is 13.4. The molecule has 0 unspecified atom stereocenters. The summed E-state index contributed by atoms with van der Waals surface area (Å²) in [7, 11) is 1.48. The summed E-state index contributed by atoms with van der Waals surface area (Å²) in [5, 5.41) is 39.8. The molecular formula is C17H15NO7. The third kappa shape index (κ3) is 3.69. The second-order valence-electron chi connectivity index (χ2n) is 5.20. The minimum absolute atomic E-state index is 0.0999. The monoisotopic (exact) mass is 345 g/mol. The van der Waals surface area contributed by atoms with Crippen molar-refractivity contribution in [3.05, 3.63) is 57.1 Å². The van der Waals surface area contributed by atoms with Crippen molar-refractivity contribution < 1.29 is 29.8 Å². The Labute approximate surface area is 142 Å². The van der Waals surface area contributed by atoms with E-state index < -0.39 is 28.1 Å². The number of aromatic hydroxyl groups is 2. The van der Waals surface area contributed by atoms with Crippen molar-refractivity contribution in [3.8, 4) is 17.2 Å². The van der Waals surface area contributed by atoms with Gasteiger partial charge in [0, 0.05) is 17.7 Å². The molecule has 2 aromatic carbocycles. The Balaban J connectivity index is 2.64. The number of aliphatic carboxylic acids is 1. The number of carboxylic acid groups (broad SMARTS) is 1. The van der Waals surface area contributed by atoms with Crippen LogP contribution < -0.4 is 4.74 Å². The zero-order valence-electron chi connectivity index (χ0n) is 13.4. The largest absolute Gasteiger partial charge is 0.507 e. The van der Waals surface area contributed by atoms with Gasteiger partial charge in [-0.05, 0) is 36.3 Å². The van der Waals surface area contributed by atoms with Crippen LogP contribution in [0.2, 0.25) is 0 Å². The first-order valence-corrected chi connectivity index (χ1v) is 7.05. The lowest BCUT2D eigenvalue weighted by atomic mass is 9.97. The number of aryl methyl sites for hydroxylation is 1. The molecule has 0 aliphatic carbocycles. The number of carboxylic acids is 1. The molecule has 0 heterocycles. The van der Waals surface area contributed by atoms with Gasteiger partial charge in [-0.15, -0.1) is 0 Å². The number of phenolic OH excluding ortho intramolecular Hbond substituents is 2. The number of nitro groups is 1. The van der Waals surface area contributed by atoms with Gasteiger partial charge in [-0.25, -0.2) is 4.79 Å². The number of carbonyl (C=O) groups is 1. The molecule has 0 aliphatic rings. The molecule has 0 saturated heterocycles. The first-order chi connectivity index (χ1) is 11.7. The highest BCUT2D eigenvalue weighted by atomic mass is 16.6. The fourth-order valence-electron chi connectivity index (χ4n) is 2.32. The molecule has 0 radical (unpaired) electrons. The van der Waals surface area contributed by atoms with E-state index in [-0.39, 0.29) is 11.1 Å². The Hall–Kier alpha value is -3.55. The molecule has 0 amide bonds. The van der Waals surface area contributed by atoms with E-state index >= 15 is 0 Å². The lowest BCUT2D eigenvalue weighted by molar-refractivity contribution is -0.385. The lowest BCUT2D eigenvalue weighted by Gasteiger charge is -2.10. The van der Waals surface area contributed by atoms with E-state index in [1.165, 1.54) is 7.11 Å². The summed E-state index contributed by atoms with van der Waals surface area (Å²) in [4.78, 5) is 21.7. The SMILES string of the molecule is COc1ccc(/C(=C/c2cc([N+](=O)[O-])c(O)cc2O)C(=O)O)c(C)c1. The summed E-state index contributed by atoms with van der Waals surface area (Å²) in [6.07, 6.45) is 1.11. The predicted octanol–water partition coefficient (Wildman–Crippen LogP) is 2.95. The van der Waals surface area contributed by atoms with Gasteiger partial charge in [0.05, 0.1) is 17.6 Å². The number of benzene rings is 2. The first-order valence-electron chi connectivity index (χ1n) is 7.05. The van der Waals surface area contributed by atoms with Gasteiger partial charge in [0.15, 0.2) is 5.75 Å². The first kappa shape index (κ1) is 17.8. The van der Waals surface area contributed by atoms with E-state index in [0.29, 0.717) is 16.9 Å². The molecule has 8 nitrogen and oxygen atoms in total. The normalized spacial score (nSPS) is 11.2. The molecule has 130 valence electrons. The molecule has 2 rings (SSSR count). The summed E-state index contributed by atoms with van der Waals surface area (Å²) in [5.41, 5.74) is 0.0667. The lowest BCUT2D eigenvalue weighted by Crippen LogP contribution is -2.02. The highest BCUT2D eigenvalue weighted by Gasteiger charge is 2.19. The van der Waals surface area contributed by atoms with Crippen LogP contribution in [0.15, 0.2) is 30.3 Å². The Bertz CT molecular complexity index is 887. The fourth-order valence-corrected chi connectivity index (χ4v) is 2.32. The Morgan fingerprint density at radius 1 is 1.20 bits per heavy atom. The second-order valence-corrected chi connectivity index (χ2v) is 5.20. The molecule has 0 spiro atoms. The number of methoxy groups -OCH3 is 1. The number of rotatable bonds is 5. The standard InChI is InChI=1S/C17H15NO7/c1-9-5-11(25-2)3-4-12(9)13(17(21)22)6-10-7-14(18(23)24)16(20)8-15(10)19/h3-8,19-20H,1-2H3,(H,21,22)/b13-6-. The molecule has 3 N–H and O–H groups in total. The van der Waals surface area contributed by atoms with E-state index in [1.807, 2.05) is 0 Å². The maximum atomic E-state index is 11.6. The summed E-state index contributed by atoms with van der Waals surface area (Å²) in [5.74, 6) is -1.91. The van der Waals surface area contributed by atoms with Crippen molar-refractivity contribution in [2.24, 2.45) is 0 Å². The van der Waals surface area contributed by atoms with Gasteiger partial charge < -0.3 is 20.1 Å². The maximum Gasteiger partial charge on any atom is 0.336 e.